The molecule has 1 aliphatic rings. The standard InChI is InChI=1S/C20H22N2O4S/c1-13-10-14(2)12-17(11-13)22-9-8-19(20(22)24)21-27(25,26)18-6-4-16(5-7-18)15(3)23/h4-7,10-12,19,21H,8-9H2,1-3H3/t19-/m0/s1. The zero-order valence-corrected chi connectivity index (χ0v) is 16.3. The number of anilines is 1. The van der Waals surface area contributed by atoms with Crippen molar-refractivity contribution in [2.75, 3.05) is 11.4 Å². The minimum Gasteiger partial charge on any atom is -0.311 e. The number of sulfonamides is 1. The van der Waals surface area contributed by atoms with Gasteiger partial charge in [-0.1, -0.05) is 18.2 Å². The zero-order valence-electron chi connectivity index (χ0n) is 15.5. The molecule has 1 N–H and O–H groups in total. The number of amides is 1. The quantitative estimate of drug-likeness (QED) is 0.801. The molecule has 6 nitrogen and oxygen atoms in total. The Labute approximate surface area is 159 Å². The maximum Gasteiger partial charge on any atom is 0.245 e. The second-order valence-corrected chi connectivity index (χ2v) is 8.59. The molecule has 2 aromatic carbocycles. The second kappa shape index (κ2) is 7.25. The number of nitrogens with one attached hydrogen (secondary N) is 1. The fourth-order valence-corrected chi connectivity index (χ4v) is 4.50. The summed E-state index contributed by atoms with van der Waals surface area (Å²) >= 11 is 0. The molecule has 3 rings (SSSR count). The van der Waals surface area contributed by atoms with Crippen molar-refractivity contribution in [1.82, 2.24) is 4.72 Å². The number of hydrogen-bond donors (Lipinski definition) is 1. The van der Waals surface area contributed by atoms with Gasteiger partial charge >= 0.3 is 0 Å². The molecule has 0 saturated carbocycles. The molecular weight excluding hydrogens is 364 g/mol. The van der Waals surface area contributed by atoms with E-state index in [0.29, 0.717) is 18.5 Å². The van der Waals surface area contributed by atoms with Gasteiger partial charge in [-0.3, -0.25) is 9.59 Å². The highest BCUT2D eigenvalue weighted by Gasteiger charge is 2.35. The van der Waals surface area contributed by atoms with Crippen LogP contribution in [0.2, 0.25) is 0 Å². The Balaban J connectivity index is 1.77. The van der Waals surface area contributed by atoms with E-state index >= 15 is 0 Å². The largest absolute Gasteiger partial charge is 0.311 e. The van der Waals surface area contributed by atoms with E-state index in [4.69, 9.17) is 0 Å². The molecule has 1 atom stereocenters. The number of carbonyl (C=O) groups excluding carboxylic acids is 2. The minimum absolute atomic E-state index is 0.0325. The van der Waals surface area contributed by atoms with Crippen molar-refractivity contribution in [2.24, 2.45) is 0 Å². The summed E-state index contributed by atoms with van der Waals surface area (Å²) in [4.78, 5) is 25.7. The molecule has 2 aromatic rings. The Morgan fingerprint density at radius 2 is 1.67 bits per heavy atom. The molecule has 142 valence electrons. The van der Waals surface area contributed by atoms with Crippen LogP contribution in [-0.4, -0.2) is 32.7 Å². The van der Waals surface area contributed by atoms with Crippen LogP contribution in [0.25, 0.3) is 0 Å². The van der Waals surface area contributed by atoms with E-state index in [-0.39, 0.29) is 16.6 Å². The number of rotatable bonds is 5. The van der Waals surface area contributed by atoms with E-state index in [1.807, 2.05) is 32.0 Å². The fraction of sp³-hybridized carbons (Fsp3) is 0.300. The topological polar surface area (TPSA) is 83.6 Å². The predicted molar refractivity (Wildman–Crippen MR) is 103 cm³/mol. The first kappa shape index (κ1) is 19.3. The monoisotopic (exact) mass is 386 g/mol. The van der Waals surface area contributed by atoms with Gasteiger partial charge in [-0.25, -0.2) is 8.42 Å². The zero-order chi connectivity index (χ0) is 19.8. The number of carbonyl (C=O) groups is 2. The van der Waals surface area contributed by atoms with Gasteiger partial charge in [-0.2, -0.15) is 4.72 Å². The van der Waals surface area contributed by atoms with Gasteiger partial charge in [0.25, 0.3) is 0 Å². The maximum atomic E-state index is 12.7. The molecule has 1 heterocycles. The lowest BCUT2D eigenvalue weighted by Crippen LogP contribution is -2.41. The lowest BCUT2D eigenvalue weighted by Gasteiger charge is -2.18. The van der Waals surface area contributed by atoms with Crippen molar-refractivity contribution in [3.05, 3.63) is 59.2 Å². The lowest BCUT2D eigenvalue weighted by atomic mass is 10.1. The van der Waals surface area contributed by atoms with Gasteiger partial charge in [-0.05, 0) is 62.6 Å². The number of aryl methyl sites for hydroxylation is 2. The average molecular weight is 386 g/mol. The van der Waals surface area contributed by atoms with E-state index < -0.39 is 16.1 Å². The van der Waals surface area contributed by atoms with Crippen molar-refractivity contribution in [3.8, 4) is 0 Å². The van der Waals surface area contributed by atoms with E-state index in [1.54, 1.807) is 4.90 Å². The van der Waals surface area contributed by atoms with Gasteiger partial charge in [0.1, 0.15) is 6.04 Å². The van der Waals surface area contributed by atoms with Crippen LogP contribution in [0, 0.1) is 13.8 Å². The summed E-state index contributed by atoms with van der Waals surface area (Å²) in [5.41, 5.74) is 3.32. The van der Waals surface area contributed by atoms with Crippen LogP contribution in [0.5, 0.6) is 0 Å². The van der Waals surface area contributed by atoms with Crippen LogP contribution in [0.4, 0.5) is 5.69 Å². The molecule has 7 heteroatoms. The summed E-state index contributed by atoms with van der Waals surface area (Å²) in [7, 11) is -3.85. The Morgan fingerprint density at radius 1 is 1.07 bits per heavy atom. The molecule has 1 amide bonds. The minimum atomic E-state index is -3.85. The van der Waals surface area contributed by atoms with Crippen LogP contribution < -0.4 is 9.62 Å². The SMILES string of the molecule is CC(=O)c1ccc(S(=O)(=O)N[C@H]2CCN(c3cc(C)cc(C)c3)C2=O)cc1. The molecule has 1 fully saturated rings. The average Bonchev–Trinajstić information content (AvgIpc) is 2.94. The first-order valence-electron chi connectivity index (χ1n) is 8.70. The summed E-state index contributed by atoms with van der Waals surface area (Å²) < 4.78 is 27.7. The number of Topliss-reactive ketones (excluding diaryl/α,β-unsaturated/α-hetero) is 1. The third-order valence-corrected chi connectivity index (χ3v) is 6.08. The van der Waals surface area contributed by atoms with E-state index in [0.717, 1.165) is 16.8 Å². The molecule has 1 saturated heterocycles. The van der Waals surface area contributed by atoms with E-state index in [9.17, 15) is 18.0 Å². The highest BCUT2D eigenvalue weighted by Crippen LogP contribution is 2.25. The lowest BCUT2D eigenvalue weighted by molar-refractivity contribution is -0.118. The number of benzene rings is 2. The van der Waals surface area contributed by atoms with Crippen LogP contribution in [0.1, 0.15) is 34.8 Å². The smallest absolute Gasteiger partial charge is 0.245 e. The molecule has 0 aliphatic carbocycles. The summed E-state index contributed by atoms with van der Waals surface area (Å²) in [6.07, 6.45) is 0.399. The molecule has 0 bridgehead atoms. The molecular formula is C20H22N2O4S. The molecule has 27 heavy (non-hydrogen) atoms. The second-order valence-electron chi connectivity index (χ2n) is 6.88. The van der Waals surface area contributed by atoms with Gasteiger partial charge in [0.2, 0.25) is 15.9 Å². The van der Waals surface area contributed by atoms with E-state index in [2.05, 4.69) is 4.72 Å². The van der Waals surface area contributed by atoms with Crippen LogP contribution in [0.15, 0.2) is 47.4 Å². The van der Waals surface area contributed by atoms with Gasteiger partial charge in [0.15, 0.2) is 5.78 Å². The first-order chi connectivity index (χ1) is 12.7. The molecule has 0 radical (unpaired) electrons. The molecule has 0 spiro atoms. The summed E-state index contributed by atoms with van der Waals surface area (Å²) in [5, 5.41) is 0. The Morgan fingerprint density at radius 3 is 2.22 bits per heavy atom. The van der Waals surface area contributed by atoms with Crippen LogP contribution in [-0.2, 0) is 14.8 Å². The molecule has 0 aromatic heterocycles. The molecule has 1 aliphatic heterocycles. The predicted octanol–water partition coefficient (Wildman–Crippen LogP) is 2.59. The summed E-state index contributed by atoms with van der Waals surface area (Å²) in [6.45, 7) is 5.79. The number of hydrogen-bond acceptors (Lipinski definition) is 4. The van der Waals surface area contributed by atoms with Gasteiger partial charge < -0.3 is 4.90 Å². The van der Waals surface area contributed by atoms with Crippen LogP contribution >= 0.6 is 0 Å². The summed E-state index contributed by atoms with van der Waals surface area (Å²) in [5.74, 6) is -0.397. The highest BCUT2D eigenvalue weighted by molar-refractivity contribution is 7.89. The van der Waals surface area contributed by atoms with Crippen molar-refractivity contribution >= 4 is 27.4 Å². The van der Waals surface area contributed by atoms with Crippen molar-refractivity contribution in [3.63, 3.8) is 0 Å². The fourth-order valence-electron chi connectivity index (χ4n) is 3.28. The number of nitrogens with zero attached hydrogens (tertiary/aromatic N) is 1. The van der Waals surface area contributed by atoms with Crippen molar-refractivity contribution in [2.45, 2.75) is 38.1 Å². The van der Waals surface area contributed by atoms with E-state index in [1.165, 1.54) is 31.2 Å². The Kier molecular flexibility index (Phi) is 5.17. The highest BCUT2D eigenvalue weighted by atomic mass is 32.2. The summed E-state index contributed by atoms with van der Waals surface area (Å²) in [6, 6.07) is 10.7. The van der Waals surface area contributed by atoms with Crippen LogP contribution in [0.3, 0.4) is 0 Å². The normalized spacial score (nSPS) is 17.4. The van der Waals surface area contributed by atoms with Gasteiger partial charge in [0, 0.05) is 17.8 Å². The maximum absolute atomic E-state index is 12.7. The van der Waals surface area contributed by atoms with Gasteiger partial charge in [-0.15, -0.1) is 0 Å². The number of ketones is 1. The van der Waals surface area contributed by atoms with Gasteiger partial charge in [0.05, 0.1) is 4.90 Å². The van der Waals surface area contributed by atoms with Crippen molar-refractivity contribution in [1.29, 1.82) is 0 Å². The van der Waals surface area contributed by atoms with Crippen molar-refractivity contribution < 1.29 is 18.0 Å². The Hall–Kier alpha value is -2.51. The molecule has 0 unspecified atom stereocenters. The third kappa shape index (κ3) is 4.09. The Bertz CT molecular complexity index is 977. The first-order valence-corrected chi connectivity index (χ1v) is 10.2. The third-order valence-electron chi connectivity index (χ3n) is 4.59.